The molecule has 3 atom stereocenters. The minimum Gasteiger partial charge on any atom is -0.484 e. The monoisotopic (exact) mass is 475 g/mol. The molecule has 2 aliphatic rings. The minimum atomic E-state index is -0.720. The quantitative estimate of drug-likeness (QED) is 0.507. The Morgan fingerprint density at radius 2 is 1.97 bits per heavy atom. The molecule has 0 unspecified atom stereocenters. The first kappa shape index (κ1) is 23.6. The summed E-state index contributed by atoms with van der Waals surface area (Å²) >= 11 is 0. The van der Waals surface area contributed by atoms with Crippen LogP contribution in [-0.4, -0.2) is 34.7 Å². The van der Waals surface area contributed by atoms with Gasteiger partial charge in [-0.3, -0.25) is 4.79 Å². The molecule has 1 N–H and O–H groups in total. The number of benzene rings is 2. The fraction of sp³-hybridized carbons (Fsp3) is 0.448. The van der Waals surface area contributed by atoms with Crippen molar-refractivity contribution >= 4 is 16.9 Å². The fourth-order valence-corrected chi connectivity index (χ4v) is 6.03. The number of aliphatic hydroxyl groups is 1. The maximum absolute atomic E-state index is 13.4. The minimum absolute atomic E-state index is 0.0169. The average Bonchev–Trinajstić information content (AvgIpc) is 2.86. The molecule has 6 heteroatoms. The van der Waals surface area contributed by atoms with Crippen LogP contribution in [0.4, 0.5) is 0 Å². The van der Waals surface area contributed by atoms with Gasteiger partial charge in [-0.15, -0.1) is 0 Å². The summed E-state index contributed by atoms with van der Waals surface area (Å²) < 4.78 is 11.3. The number of rotatable bonds is 6. The number of carbonyl (C=O) groups excluding carboxylic acids is 1. The molecule has 1 saturated carbocycles. The zero-order chi connectivity index (χ0) is 24.4. The van der Waals surface area contributed by atoms with Gasteiger partial charge in [-0.1, -0.05) is 56.5 Å². The predicted octanol–water partition coefficient (Wildman–Crippen LogP) is 5.02. The Labute approximate surface area is 205 Å². The molecular formula is C29H33NO5. The van der Waals surface area contributed by atoms with Gasteiger partial charge in [-0.25, -0.2) is 4.79 Å². The van der Waals surface area contributed by atoms with Crippen molar-refractivity contribution in [2.45, 2.75) is 63.5 Å². The number of piperidine rings is 1. The van der Waals surface area contributed by atoms with Crippen LogP contribution >= 0.6 is 0 Å². The van der Waals surface area contributed by atoms with Crippen LogP contribution in [0.3, 0.4) is 0 Å². The summed E-state index contributed by atoms with van der Waals surface area (Å²) in [6.45, 7) is 2.46. The standard InChI is InChI=1S/C29H33NO5/c1-2-8-21-17-27(32)35-25-18-22(12-13-23(21)25)34-19-26(31)30-16-15-29(33)14-7-6-11-24(29)28(30)20-9-4-3-5-10-20/h3-5,9-10,12-13,17-18,24,28,33H,2,6-8,11,14-16,19H2,1H3/t24-,28+,29-/m1/s1. The van der Waals surface area contributed by atoms with Gasteiger partial charge in [0.1, 0.15) is 11.3 Å². The molecule has 1 aliphatic carbocycles. The number of likely N-dealkylation sites (tertiary alicyclic amines) is 1. The van der Waals surface area contributed by atoms with Crippen LogP contribution in [0.2, 0.25) is 0 Å². The van der Waals surface area contributed by atoms with E-state index in [4.69, 9.17) is 9.15 Å². The van der Waals surface area contributed by atoms with Crippen molar-refractivity contribution in [2.24, 2.45) is 5.92 Å². The normalized spacial score (nSPS) is 24.2. The molecule has 35 heavy (non-hydrogen) atoms. The van der Waals surface area contributed by atoms with Gasteiger partial charge in [0, 0.05) is 30.0 Å². The molecule has 1 aliphatic heterocycles. The van der Waals surface area contributed by atoms with E-state index in [9.17, 15) is 14.7 Å². The largest absolute Gasteiger partial charge is 0.484 e. The van der Waals surface area contributed by atoms with E-state index in [-0.39, 0.29) is 30.1 Å². The second-order valence-electron chi connectivity index (χ2n) is 9.94. The molecule has 5 rings (SSSR count). The number of hydrogen-bond donors (Lipinski definition) is 1. The summed E-state index contributed by atoms with van der Waals surface area (Å²) in [5, 5.41) is 12.3. The zero-order valence-corrected chi connectivity index (χ0v) is 20.2. The van der Waals surface area contributed by atoms with Crippen LogP contribution in [-0.2, 0) is 11.2 Å². The maximum Gasteiger partial charge on any atom is 0.336 e. The van der Waals surface area contributed by atoms with Gasteiger partial charge in [-0.05, 0) is 48.9 Å². The Bertz CT molecular complexity index is 1250. The van der Waals surface area contributed by atoms with E-state index < -0.39 is 5.60 Å². The molecule has 1 amide bonds. The second-order valence-corrected chi connectivity index (χ2v) is 9.94. The van der Waals surface area contributed by atoms with Crippen molar-refractivity contribution in [2.75, 3.05) is 13.2 Å². The third kappa shape index (κ3) is 4.72. The van der Waals surface area contributed by atoms with Gasteiger partial charge in [-0.2, -0.15) is 0 Å². The summed E-state index contributed by atoms with van der Waals surface area (Å²) in [6, 6.07) is 16.8. The second kappa shape index (κ2) is 9.86. The SMILES string of the molecule is CCCc1cc(=O)oc2cc(OCC(=O)N3CC[C@]4(O)CCCC[C@@H]4[C@@H]3c3ccccc3)ccc12. The Balaban J connectivity index is 1.37. The number of ether oxygens (including phenoxy) is 1. The third-order valence-corrected chi connectivity index (χ3v) is 7.71. The smallest absolute Gasteiger partial charge is 0.336 e. The molecule has 3 aromatic rings. The molecular weight excluding hydrogens is 442 g/mol. The molecule has 2 aromatic carbocycles. The number of nitrogens with zero attached hydrogens (tertiary/aromatic N) is 1. The van der Waals surface area contributed by atoms with Crippen LogP contribution in [0, 0.1) is 5.92 Å². The fourth-order valence-electron chi connectivity index (χ4n) is 6.03. The molecule has 2 fully saturated rings. The Hall–Kier alpha value is -3.12. The predicted molar refractivity (Wildman–Crippen MR) is 134 cm³/mol. The zero-order valence-electron chi connectivity index (χ0n) is 20.2. The lowest BCUT2D eigenvalue weighted by Crippen LogP contribution is -2.56. The molecule has 1 saturated heterocycles. The molecule has 6 nitrogen and oxygen atoms in total. The summed E-state index contributed by atoms with van der Waals surface area (Å²) in [4.78, 5) is 27.3. The topological polar surface area (TPSA) is 80.0 Å². The highest BCUT2D eigenvalue weighted by Gasteiger charge is 2.50. The van der Waals surface area contributed by atoms with Crippen molar-refractivity contribution in [1.29, 1.82) is 0 Å². The molecule has 0 radical (unpaired) electrons. The maximum atomic E-state index is 13.4. The third-order valence-electron chi connectivity index (χ3n) is 7.71. The van der Waals surface area contributed by atoms with E-state index >= 15 is 0 Å². The molecule has 1 aromatic heterocycles. The van der Waals surface area contributed by atoms with Crippen molar-refractivity contribution in [3.8, 4) is 5.75 Å². The highest BCUT2D eigenvalue weighted by atomic mass is 16.5. The van der Waals surface area contributed by atoms with E-state index in [1.54, 1.807) is 12.1 Å². The van der Waals surface area contributed by atoms with Gasteiger partial charge >= 0.3 is 5.63 Å². The molecule has 2 heterocycles. The Morgan fingerprint density at radius 3 is 2.77 bits per heavy atom. The number of amides is 1. The van der Waals surface area contributed by atoms with E-state index in [1.165, 1.54) is 0 Å². The van der Waals surface area contributed by atoms with Crippen molar-refractivity contribution < 1.29 is 19.1 Å². The molecule has 0 bridgehead atoms. The number of fused-ring (bicyclic) bond motifs is 2. The lowest BCUT2D eigenvalue weighted by atomic mass is 9.66. The van der Waals surface area contributed by atoms with Crippen molar-refractivity contribution in [1.82, 2.24) is 4.90 Å². The van der Waals surface area contributed by atoms with Crippen LogP contribution in [0.5, 0.6) is 5.75 Å². The highest BCUT2D eigenvalue weighted by Crippen LogP contribution is 2.49. The van der Waals surface area contributed by atoms with Gasteiger partial charge in [0.2, 0.25) is 0 Å². The van der Waals surface area contributed by atoms with Crippen molar-refractivity contribution in [3.05, 3.63) is 76.1 Å². The van der Waals surface area contributed by atoms with Gasteiger partial charge in [0.05, 0.1) is 11.6 Å². The first-order valence-corrected chi connectivity index (χ1v) is 12.7. The number of hydrogen-bond acceptors (Lipinski definition) is 5. The first-order chi connectivity index (χ1) is 17.0. The lowest BCUT2D eigenvalue weighted by molar-refractivity contribution is -0.157. The van der Waals surface area contributed by atoms with E-state index in [2.05, 4.69) is 6.92 Å². The summed E-state index contributed by atoms with van der Waals surface area (Å²) in [7, 11) is 0. The van der Waals surface area contributed by atoms with Crippen LogP contribution in [0.25, 0.3) is 11.0 Å². The van der Waals surface area contributed by atoms with Crippen LogP contribution < -0.4 is 10.4 Å². The first-order valence-electron chi connectivity index (χ1n) is 12.7. The van der Waals surface area contributed by atoms with Crippen LogP contribution in [0.15, 0.2) is 63.8 Å². The van der Waals surface area contributed by atoms with E-state index in [0.717, 1.165) is 55.0 Å². The van der Waals surface area contributed by atoms with E-state index in [1.807, 2.05) is 47.4 Å². The number of aryl methyl sites for hydroxylation is 1. The molecule has 0 spiro atoms. The highest BCUT2D eigenvalue weighted by molar-refractivity contribution is 5.82. The van der Waals surface area contributed by atoms with Gasteiger partial charge in [0.25, 0.3) is 5.91 Å². The van der Waals surface area contributed by atoms with Gasteiger partial charge in [0.15, 0.2) is 6.61 Å². The number of carbonyl (C=O) groups is 1. The Morgan fingerprint density at radius 1 is 1.14 bits per heavy atom. The summed E-state index contributed by atoms with van der Waals surface area (Å²) in [6.07, 6.45) is 6.12. The van der Waals surface area contributed by atoms with Crippen LogP contribution in [0.1, 0.15) is 62.6 Å². The Kier molecular flexibility index (Phi) is 6.65. The van der Waals surface area contributed by atoms with Gasteiger partial charge < -0.3 is 19.2 Å². The van der Waals surface area contributed by atoms with E-state index in [0.29, 0.717) is 24.3 Å². The van der Waals surface area contributed by atoms with Crippen molar-refractivity contribution in [3.63, 3.8) is 0 Å². The summed E-state index contributed by atoms with van der Waals surface area (Å²) in [5.41, 5.74) is 1.39. The summed E-state index contributed by atoms with van der Waals surface area (Å²) in [5.74, 6) is 0.404. The lowest BCUT2D eigenvalue weighted by Gasteiger charge is -2.52. The average molecular weight is 476 g/mol. The molecule has 184 valence electrons.